The van der Waals surface area contributed by atoms with Gasteiger partial charge in [0.2, 0.25) is 0 Å². The molecular formula is C12H16ClN5. The first-order valence-corrected chi connectivity index (χ1v) is 6.28. The van der Waals surface area contributed by atoms with Gasteiger partial charge in [0.05, 0.1) is 6.54 Å². The molecule has 0 spiro atoms. The molecule has 96 valence electrons. The Hall–Kier alpha value is -1.62. The lowest BCUT2D eigenvalue weighted by atomic mass is 10.1. The second-order valence-electron chi connectivity index (χ2n) is 4.28. The van der Waals surface area contributed by atoms with Crippen molar-refractivity contribution in [2.24, 2.45) is 0 Å². The van der Waals surface area contributed by atoms with E-state index in [9.17, 15) is 0 Å². The van der Waals surface area contributed by atoms with Crippen molar-refractivity contribution in [3.8, 4) is 0 Å². The second kappa shape index (κ2) is 5.82. The van der Waals surface area contributed by atoms with Crippen molar-refractivity contribution >= 4 is 17.4 Å². The van der Waals surface area contributed by atoms with Gasteiger partial charge in [0.15, 0.2) is 0 Å². The molecule has 0 unspecified atom stereocenters. The number of hydrogen-bond acceptors (Lipinski definition) is 4. The summed E-state index contributed by atoms with van der Waals surface area (Å²) in [5, 5.41) is 7.93. The Morgan fingerprint density at radius 3 is 2.89 bits per heavy atom. The smallest absolute Gasteiger partial charge is 0.138 e. The number of aromatic nitrogens is 4. The van der Waals surface area contributed by atoms with Crippen LogP contribution in [-0.2, 0) is 6.54 Å². The van der Waals surface area contributed by atoms with Crippen LogP contribution in [0, 0.1) is 0 Å². The van der Waals surface area contributed by atoms with Crippen LogP contribution in [0.4, 0.5) is 5.82 Å². The number of hydrogen-bond donors (Lipinski definition) is 1. The van der Waals surface area contributed by atoms with E-state index in [0.29, 0.717) is 5.15 Å². The molecule has 1 N–H and O–H groups in total. The summed E-state index contributed by atoms with van der Waals surface area (Å²) in [6.07, 6.45) is 5.17. The van der Waals surface area contributed by atoms with E-state index in [1.165, 1.54) is 6.33 Å². The van der Waals surface area contributed by atoms with Crippen molar-refractivity contribution in [3.05, 3.63) is 35.5 Å². The number of rotatable bonds is 5. The first kappa shape index (κ1) is 12.8. The largest absolute Gasteiger partial charge is 0.368 e. The molecule has 2 heterocycles. The third-order valence-electron chi connectivity index (χ3n) is 2.61. The molecular weight excluding hydrogens is 250 g/mol. The summed E-state index contributed by atoms with van der Waals surface area (Å²) in [5.74, 6) is 1.09. The normalized spacial score (nSPS) is 10.9. The highest BCUT2D eigenvalue weighted by Crippen LogP contribution is 2.27. The van der Waals surface area contributed by atoms with E-state index in [0.717, 1.165) is 24.5 Å². The molecule has 0 aliphatic carbocycles. The molecule has 2 aromatic heterocycles. The maximum absolute atomic E-state index is 6.09. The zero-order chi connectivity index (χ0) is 13.0. The molecule has 2 rings (SSSR count). The highest BCUT2D eigenvalue weighted by Gasteiger charge is 2.12. The summed E-state index contributed by atoms with van der Waals surface area (Å²) < 4.78 is 1.87. The molecule has 0 aliphatic rings. The lowest BCUT2D eigenvalue weighted by Crippen LogP contribution is -2.13. The van der Waals surface area contributed by atoms with Crippen molar-refractivity contribution in [1.29, 1.82) is 0 Å². The fourth-order valence-electron chi connectivity index (χ4n) is 1.75. The third-order valence-corrected chi connectivity index (χ3v) is 2.91. The quantitative estimate of drug-likeness (QED) is 0.844. The van der Waals surface area contributed by atoms with Gasteiger partial charge in [0, 0.05) is 24.5 Å². The molecule has 2 aromatic rings. The molecule has 0 radical (unpaired) electrons. The zero-order valence-electron chi connectivity index (χ0n) is 10.5. The van der Waals surface area contributed by atoms with E-state index in [4.69, 9.17) is 11.6 Å². The van der Waals surface area contributed by atoms with E-state index < -0.39 is 0 Å². The minimum atomic E-state index is 0.283. The zero-order valence-corrected chi connectivity index (χ0v) is 11.2. The van der Waals surface area contributed by atoms with Crippen LogP contribution >= 0.6 is 11.6 Å². The van der Waals surface area contributed by atoms with E-state index in [-0.39, 0.29) is 5.92 Å². The predicted octanol–water partition coefficient (Wildman–Crippen LogP) is 2.56. The SMILES string of the molecule is CC(C)c1c(Cl)ncnc1NCCn1cccn1. The highest BCUT2D eigenvalue weighted by molar-refractivity contribution is 6.30. The van der Waals surface area contributed by atoms with Crippen LogP contribution in [0.2, 0.25) is 5.15 Å². The van der Waals surface area contributed by atoms with Crippen LogP contribution in [0.15, 0.2) is 24.8 Å². The average molecular weight is 266 g/mol. The van der Waals surface area contributed by atoms with Crippen LogP contribution in [0.1, 0.15) is 25.3 Å². The molecule has 0 fully saturated rings. The summed E-state index contributed by atoms with van der Waals surface area (Å²) in [6.45, 7) is 5.67. The molecule has 0 bridgehead atoms. The van der Waals surface area contributed by atoms with Crippen molar-refractivity contribution in [2.45, 2.75) is 26.3 Å². The van der Waals surface area contributed by atoms with Crippen LogP contribution in [-0.4, -0.2) is 26.3 Å². The van der Waals surface area contributed by atoms with Gasteiger partial charge in [-0.2, -0.15) is 5.10 Å². The topological polar surface area (TPSA) is 55.6 Å². The molecule has 0 aliphatic heterocycles. The molecule has 0 aromatic carbocycles. The van der Waals surface area contributed by atoms with Gasteiger partial charge in [-0.25, -0.2) is 9.97 Å². The molecule has 18 heavy (non-hydrogen) atoms. The van der Waals surface area contributed by atoms with Crippen LogP contribution in [0.5, 0.6) is 0 Å². The molecule has 5 nitrogen and oxygen atoms in total. The van der Waals surface area contributed by atoms with Crippen molar-refractivity contribution in [3.63, 3.8) is 0 Å². The number of anilines is 1. The summed E-state index contributed by atoms with van der Waals surface area (Å²) in [7, 11) is 0. The minimum Gasteiger partial charge on any atom is -0.368 e. The van der Waals surface area contributed by atoms with Crippen molar-refractivity contribution < 1.29 is 0 Å². The Morgan fingerprint density at radius 1 is 1.39 bits per heavy atom. The standard InChI is InChI=1S/C12H16ClN5/c1-9(2)10-11(13)15-8-16-12(10)14-5-7-18-6-3-4-17-18/h3-4,6,8-9H,5,7H2,1-2H3,(H,14,15,16). The molecule has 0 amide bonds. The minimum absolute atomic E-state index is 0.283. The van der Waals surface area contributed by atoms with Crippen LogP contribution in [0.3, 0.4) is 0 Å². The van der Waals surface area contributed by atoms with E-state index in [2.05, 4.69) is 34.2 Å². The fourth-order valence-corrected chi connectivity index (χ4v) is 2.10. The van der Waals surface area contributed by atoms with Gasteiger partial charge in [0.1, 0.15) is 17.3 Å². The fraction of sp³-hybridized carbons (Fsp3) is 0.417. The molecule has 6 heteroatoms. The highest BCUT2D eigenvalue weighted by atomic mass is 35.5. The first-order valence-electron chi connectivity index (χ1n) is 5.90. The van der Waals surface area contributed by atoms with Crippen molar-refractivity contribution in [2.75, 3.05) is 11.9 Å². The first-order chi connectivity index (χ1) is 8.68. The Labute approximate surface area is 111 Å². The summed E-state index contributed by atoms with van der Waals surface area (Å²) in [4.78, 5) is 8.26. The average Bonchev–Trinajstić information content (AvgIpc) is 2.81. The number of nitrogens with one attached hydrogen (secondary N) is 1. The van der Waals surface area contributed by atoms with E-state index in [1.54, 1.807) is 6.20 Å². The van der Waals surface area contributed by atoms with Gasteiger partial charge in [-0.05, 0) is 12.0 Å². The van der Waals surface area contributed by atoms with Gasteiger partial charge in [-0.3, -0.25) is 4.68 Å². The molecule has 0 saturated heterocycles. The Morgan fingerprint density at radius 2 is 2.22 bits per heavy atom. The Balaban J connectivity index is 2.03. The molecule has 0 atom stereocenters. The predicted molar refractivity (Wildman–Crippen MR) is 71.8 cm³/mol. The second-order valence-corrected chi connectivity index (χ2v) is 4.64. The number of nitrogens with zero attached hydrogens (tertiary/aromatic N) is 4. The summed E-state index contributed by atoms with van der Waals surface area (Å²) in [5.41, 5.74) is 0.958. The van der Waals surface area contributed by atoms with E-state index >= 15 is 0 Å². The van der Waals surface area contributed by atoms with Crippen LogP contribution < -0.4 is 5.32 Å². The molecule has 0 saturated carbocycles. The lowest BCUT2D eigenvalue weighted by Gasteiger charge is -2.14. The maximum Gasteiger partial charge on any atom is 0.138 e. The summed E-state index contributed by atoms with van der Waals surface area (Å²) in [6, 6.07) is 1.90. The summed E-state index contributed by atoms with van der Waals surface area (Å²) >= 11 is 6.09. The van der Waals surface area contributed by atoms with E-state index in [1.807, 2.05) is 16.9 Å². The monoisotopic (exact) mass is 265 g/mol. The van der Waals surface area contributed by atoms with Gasteiger partial charge >= 0.3 is 0 Å². The van der Waals surface area contributed by atoms with Gasteiger partial charge in [-0.1, -0.05) is 25.4 Å². The third kappa shape index (κ3) is 2.98. The number of halogens is 1. The van der Waals surface area contributed by atoms with Crippen molar-refractivity contribution in [1.82, 2.24) is 19.7 Å². The Kier molecular flexibility index (Phi) is 4.15. The van der Waals surface area contributed by atoms with Gasteiger partial charge in [-0.15, -0.1) is 0 Å². The van der Waals surface area contributed by atoms with Gasteiger partial charge < -0.3 is 5.32 Å². The lowest BCUT2D eigenvalue weighted by molar-refractivity contribution is 0.636. The maximum atomic E-state index is 6.09. The van der Waals surface area contributed by atoms with Crippen LogP contribution in [0.25, 0.3) is 0 Å². The van der Waals surface area contributed by atoms with Gasteiger partial charge in [0.25, 0.3) is 0 Å². The Bertz CT molecular complexity index is 495.